The van der Waals surface area contributed by atoms with E-state index in [0.717, 1.165) is 0 Å². The van der Waals surface area contributed by atoms with E-state index >= 15 is 0 Å². The molecule has 0 saturated carbocycles. The highest BCUT2D eigenvalue weighted by molar-refractivity contribution is 5.70. The topological polar surface area (TPSA) is 116 Å². The fourth-order valence-corrected chi connectivity index (χ4v) is 1.76. The summed E-state index contributed by atoms with van der Waals surface area (Å²) in [7, 11) is 0. The predicted octanol–water partition coefficient (Wildman–Crippen LogP) is 1.80. The van der Waals surface area contributed by atoms with Crippen molar-refractivity contribution >= 4 is 11.7 Å². The number of carboxylic acid groups (broad SMARTS) is 1. The lowest BCUT2D eigenvalue weighted by Crippen LogP contribution is -2.25. The molecule has 7 nitrogen and oxygen atoms in total. The molecule has 0 aliphatic heterocycles. The second-order valence-corrected chi connectivity index (χ2v) is 4.50. The molecule has 0 heterocycles. The van der Waals surface area contributed by atoms with Crippen LogP contribution in [0.5, 0.6) is 5.75 Å². The van der Waals surface area contributed by atoms with Crippen LogP contribution in [0.15, 0.2) is 24.3 Å². The van der Waals surface area contributed by atoms with Crippen LogP contribution in [-0.4, -0.2) is 28.6 Å². The first-order chi connectivity index (χ1) is 9.45. The Hall–Kier alpha value is -2.15. The number of ether oxygens (including phenoxy) is 1. The van der Waals surface area contributed by atoms with Crippen LogP contribution in [0.4, 0.5) is 5.69 Å². The summed E-state index contributed by atoms with van der Waals surface area (Å²) < 4.78 is 5.51. The van der Waals surface area contributed by atoms with Gasteiger partial charge in [0.25, 0.3) is 0 Å². The molecule has 0 radical (unpaired) electrons. The first kappa shape index (κ1) is 15.9. The Morgan fingerprint density at radius 2 is 2.10 bits per heavy atom. The Balaban J connectivity index is 2.61. The molecule has 0 amide bonds. The zero-order valence-electron chi connectivity index (χ0n) is 11.2. The van der Waals surface area contributed by atoms with Gasteiger partial charge in [-0.2, -0.15) is 0 Å². The fraction of sp³-hybridized carbons (Fsp3) is 0.462. The highest BCUT2D eigenvalue weighted by Crippen LogP contribution is 2.27. The summed E-state index contributed by atoms with van der Waals surface area (Å²) in [6.45, 7) is 1.81. The van der Waals surface area contributed by atoms with Crippen molar-refractivity contribution in [2.75, 3.05) is 6.54 Å². The normalized spacial score (nSPS) is 13.5. The van der Waals surface area contributed by atoms with Crippen molar-refractivity contribution in [2.45, 2.75) is 25.9 Å². The van der Waals surface area contributed by atoms with Crippen molar-refractivity contribution in [3.63, 3.8) is 0 Å². The molecule has 0 spiro atoms. The molecule has 2 atom stereocenters. The SMILES string of the molecule is CC(CCC(CN)C(=O)O)Oc1ccccc1[N+](=O)[O-]. The summed E-state index contributed by atoms with van der Waals surface area (Å²) >= 11 is 0. The molecule has 0 aliphatic carbocycles. The van der Waals surface area contributed by atoms with Gasteiger partial charge < -0.3 is 15.6 Å². The quantitative estimate of drug-likeness (QED) is 0.554. The summed E-state index contributed by atoms with van der Waals surface area (Å²) in [5.74, 6) is -1.37. The lowest BCUT2D eigenvalue weighted by atomic mass is 10.0. The van der Waals surface area contributed by atoms with E-state index in [4.69, 9.17) is 15.6 Å². The van der Waals surface area contributed by atoms with Crippen molar-refractivity contribution < 1.29 is 19.6 Å². The number of nitro benzene ring substituents is 1. The first-order valence-electron chi connectivity index (χ1n) is 6.28. The lowest BCUT2D eigenvalue weighted by molar-refractivity contribution is -0.386. The number of rotatable bonds is 8. The molecule has 7 heteroatoms. The number of carbonyl (C=O) groups is 1. The minimum Gasteiger partial charge on any atom is -0.484 e. The summed E-state index contributed by atoms with van der Waals surface area (Å²) in [4.78, 5) is 21.2. The average Bonchev–Trinajstić information content (AvgIpc) is 2.39. The summed E-state index contributed by atoms with van der Waals surface area (Å²) in [6.07, 6.45) is 0.498. The van der Waals surface area contributed by atoms with Gasteiger partial charge in [0, 0.05) is 12.6 Å². The first-order valence-corrected chi connectivity index (χ1v) is 6.28. The Bertz CT molecular complexity index is 478. The molecule has 1 aromatic rings. The van der Waals surface area contributed by atoms with Gasteiger partial charge in [-0.25, -0.2) is 0 Å². The third kappa shape index (κ3) is 4.51. The molecule has 1 rings (SSSR count). The molecule has 0 aromatic heterocycles. The van der Waals surface area contributed by atoms with Crippen molar-refractivity contribution in [3.05, 3.63) is 34.4 Å². The summed E-state index contributed by atoms with van der Waals surface area (Å²) in [5, 5.41) is 19.7. The minimum atomic E-state index is -0.939. The molecule has 1 aromatic carbocycles. The highest BCUT2D eigenvalue weighted by atomic mass is 16.6. The molecular weight excluding hydrogens is 264 g/mol. The summed E-state index contributed by atoms with van der Waals surface area (Å²) in [6, 6.07) is 6.09. The van der Waals surface area contributed by atoms with Gasteiger partial charge in [-0.3, -0.25) is 14.9 Å². The van der Waals surface area contributed by atoms with Gasteiger partial charge in [-0.05, 0) is 25.8 Å². The van der Waals surface area contributed by atoms with E-state index in [1.807, 2.05) is 0 Å². The van der Waals surface area contributed by atoms with Crippen LogP contribution in [0.25, 0.3) is 0 Å². The predicted molar refractivity (Wildman–Crippen MR) is 72.6 cm³/mol. The zero-order valence-corrected chi connectivity index (χ0v) is 11.2. The number of benzene rings is 1. The maximum absolute atomic E-state index is 10.8. The third-order valence-corrected chi connectivity index (χ3v) is 2.95. The van der Waals surface area contributed by atoms with Crippen molar-refractivity contribution in [3.8, 4) is 5.75 Å². The molecule has 3 N–H and O–H groups in total. The molecule has 20 heavy (non-hydrogen) atoms. The molecular formula is C13H18N2O5. The second kappa shape index (κ2) is 7.44. The third-order valence-electron chi connectivity index (χ3n) is 2.95. The van der Waals surface area contributed by atoms with Crippen molar-refractivity contribution in [1.29, 1.82) is 0 Å². The number of nitrogens with two attached hydrogens (primary N) is 1. The van der Waals surface area contributed by atoms with Gasteiger partial charge in [0.15, 0.2) is 5.75 Å². The Labute approximate surface area is 116 Å². The van der Waals surface area contributed by atoms with E-state index in [0.29, 0.717) is 12.8 Å². The average molecular weight is 282 g/mol. The Kier molecular flexibility index (Phi) is 5.92. The van der Waals surface area contributed by atoms with Gasteiger partial charge >= 0.3 is 11.7 Å². The Morgan fingerprint density at radius 1 is 1.45 bits per heavy atom. The van der Waals surface area contributed by atoms with Crippen LogP contribution < -0.4 is 10.5 Å². The Morgan fingerprint density at radius 3 is 2.65 bits per heavy atom. The number of aliphatic carboxylic acids is 1. The van der Waals surface area contributed by atoms with Gasteiger partial charge in [-0.1, -0.05) is 12.1 Å². The summed E-state index contributed by atoms with van der Waals surface area (Å²) in [5.41, 5.74) is 5.26. The molecule has 110 valence electrons. The maximum atomic E-state index is 10.8. The number of hydrogen-bond donors (Lipinski definition) is 2. The van der Waals surface area contributed by atoms with Crippen LogP contribution in [0.3, 0.4) is 0 Å². The molecule has 2 unspecified atom stereocenters. The number of carboxylic acids is 1. The zero-order chi connectivity index (χ0) is 15.1. The smallest absolute Gasteiger partial charge is 0.310 e. The maximum Gasteiger partial charge on any atom is 0.310 e. The van der Waals surface area contributed by atoms with Gasteiger partial charge in [-0.15, -0.1) is 0 Å². The second-order valence-electron chi connectivity index (χ2n) is 4.50. The molecule has 0 bridgehead atoms. The van der Waals surface area contributed by atoms with E-state index in [1.165, 1.54) is 12.1 Å². The highest BCUT2D eigenvalue weighted by Gasteiger charge is 2.19. The number of nitrogens with zero attached hydrogens (tertiary/aromatic N) is 1. The van der Waals surface area contributed by atoms with E-state index in [-0.39, 0.29) is 24.1 Å². The molecule has 0 fully saturated rings. The van der Waals surface area contributed by atoms with Crippen molar-refractivity contribution in [2.24, 2.45) is 11.7 Å². The van der Waals surface area contributed by atoms with Gasteiger partial charge in [0.1, 0.15) is 0 Å². The largest absolute Gasteiger partial charge is 0.484 e. The van der Waals surface area contributed by atoms with Gasteiger partial charge in [0.05, 0.1) is 16.9 Å². The number of hydrogen-bond acceptors (Lipinski definition) is 5. The van der Waals surface area contributed by atoms with Crippen molar-refractivity contribution in [1.82, 2.24) is 0 Å². The van der Waals surface area contributed by atoms with Crippen LogP contribution in [0.2, 0.25) is 0 Å². The van der Waals surface area contributed by atoms with Crippen LogP contribution in [0.1, 0.15) is 19.8 Å². The van der Waals surface area contributed by atoms with E-state index in [9.17, 15) is 14.9 Å². The molecule has 0 aliphatic rings. The number of para-hydroxylation sites is 2. The standard InChI is InChI=1S/C13H18N2O5/c1-9(6-7-10(8-14)13(16)17)20-12-5-3-2-4-11(12)15(18)19/h2-5,9-10H,6-8,14H2,1H3,(H,16,17). The van der Waals surface area contributed by atoms with Crippen LogP contribution >= 0.6 is 0 Å². The lowest BCUT2D eigenvalue weighted by Gasteiger charge is -2.16. The van der Waals surface area contributed by atoms with E-state index in [1.54, 1.807) is 19.1 Å². The number of nitro groups is 1. The molecule has 0 saturated heterocycles. The monoisotopic (exact) mass is 282 g/mol. The van der Waals surface area contributed by atoms with Gasteiger partial charge in [0.2, 0.25) is 0 Å². The fourth-order valence-electron chi connectivity index (χ4n) is 1.76. The van der Waals surface area contributed by atoms with Crippen LogP contribution in [-0.2, 0) is 4.79 Å². The van der Waals surface area contributed by atoms with Crippen LogP contribution in [0, 0.1) is 16.0 Å². The van der Waals surface area contributed by atoms with E-state index in [2.05, 4.69) is 0 Å². The van der Waals surface area contributed by atoms with E-state index < -0.39 is 16.8 Å². The minimum absolute atomic E-state index is 0.0630.